The molecule has 8 heteroatoms. The van der Waals surface area contributed by atoms with Crippen molar-refractivity contribution in [3.8, 4) is 0 Å². The van der Waals surface area contributed by atoms with E-state index in [0.29, 0.717) is 19.5 Å². The maximum Gasteiger partial charge on any atom is 0.243 e. The molecule has 2 atom stereocenters. The molecule has 1 amide bonds. The lowest BCUT2D eigenvalue weighted by atomic mass is 10.1. The lowest BCUT2D eigenvalue weighted by molar-refractivity contribution is -0.137. The summed E-state index contributed by atoms with van der Waals surface area (Å²) in [4.78, 5) is 14.9. The first-order valence-corrected chi connectivity index (χ1v) is 10.4. The predicted octanol–water partition coefficient (Wildman–Crippen LogP) is 1.28. The number of rotatable bonds is 3. The molecule has 1 N–H and O–H groups in total. The molecule has 1 aromatic rings. The van der Waals surface area contributed by atoms with Crippen molar-refractivity contribution in [3.05, 3.63) is 28.7 Å². The number of halogens is 1. The van der Waals surface area contributed by atoms with Gasteiger partial charge in [0.05, 0.1) is 10.8 Å². The van der Waals surface area contributed by atoms with E-state index in [1.807, 2.05) is 11.8 Å². The van der Waals surface area contributed by atoms with Gasteiger partial charge < -0.3 is 10.2 Å². The van der Waals surface area contributed by atoms with Gasteiger partial charge in [0.25, 0.3) is 0 Å². The van der Waals surface area contributed by atoms with E-state index < -0.39 is 10.0 Å². The van der Waals surface area contributed by atoms with Crippen LogP contribution in [0.15, 0.2) is 33.6 Å². The Hall–Kier alpha value is -0.960. The fraction of sp³-hybridized carbons (Fsp3) is 0.562. The number of piperazine rings is 1. The first-order chi connectivity index (χ1) is 11.4. The van der Waals surface area contributed by atoms with Gasteiger partial charge in [0.15, 0.2) is 0 Å². The average molecular weight is 416 g/mol. The van der Waals surface area contributed by atoms with E-state index in [-0.39, 0.29) is 29.3 Å². The average Bonchev–Trinajstić information content (AvgIpc) is 3.05. The molecule has 132 valence electrons. The molecule has 0 aromatic heterocycles. The minimum absolute atomic E-state index is 0.0796. The summed E-state index contributed by atoms with van der Waals surface area (Å²) in [5, 5.41) is 3.27. The summed E-state index contributed by atoms with van der Waals surface area (Å²) in [6.45, 7) is 4.96. The second-order valence-corrected chi connectivity index (χ2v) is 9.24. The van der Waals surface area contributed by atoms with Gasteiger partial charge in [-0.3, -0.25) is 4.79 Å². The van der Waals surface area contributed by atoms with Crippen LogP contribution in [0, 0.1) is 5.92 Å². The zero-order chi connectivity index (χ0) is 17.3. The van der Waals surface area contributed by atoms with Gasteiger partial charge in [-0.15, -0.1) is 0 Å². The molecular formula is C16H22BrN3O3S. The van der Waals surface area contributed by atoms with E-state index in [1.54, 1.807) is 24.3 Å². The van der Waals surface area contributed by atoms with E-state index in [2.05, 4.69) is 21.2 Å². The van der Waals surface area contributed by atoms with Crippen LogP contribution in [0.1, 0.15) is 13.3 Å². The van der Waals surface area contributed by atoms with Crippen molar-refractivity contribution >= 4 is 31.9 Å². The van der Waals surface area contributed by atoms with Crippen LogP contribution in [-0.4, -0.2) is 62.3 Å². The first-order valence-electron chi connectivity index (χ1n) is 8.16. The van der Waals surface area contributed by atoms with Crippen LogP contribution in [0.2, 0.25) is 0 Å². The summed E-state index contributed by atoms with van der Waals surface area (Å²) in [6.07, 6.45) is 0.586. The molecule has 1 aromatic carbocycles. The molecule has 2 aliphatic heterocycles. The van der Waals surface area contributed by atoms with Crippen LogP contribution in [0.5, 0.6) is 0 Å². The van der Waals surface area contributed by atoms with Gasteiger partial charge >= 0.3 is 0 Å². The number of nitrogens with zero attached hydrogens (tertiary/aromatic N) is 2. The Bertz CT molecular complexity index is 725. The van der Waals surface area contributed by atoms with E-state index in [0.717, 1.165) is 17.6 Å². The van der Waals surface area contributed by atoms with Crippen LogP contribution in [0.3, 0.4) is 0 Å². The lowest BCUT2D eigenvalue weighted by Gasteiger charge is -2.35. The number of amides is 1. The summed E-state index contributed by atoms with van der Waals surface area (Å²) >= 11 is 3.31. The Balaban J connectivity index is 1.71. The van der Waals surface area contributed by atoms with Crippen molar-refractivity contribution in [2.45, 2.75) is 24.3 Å². The Morgan fingerprint density at radius 3 is 2.83 bits per heavy atom. The van der Waals surface area contributed by atoms with E-state index in [9.17, 15) is 13.2 Å². The Morgan fingerprint density at radius 2 is 2.12 bits per heavy atom. The molecule has 2 unspecified atom stereocenters. The predicted molar refractivity (Wildman–Crippen MR) is 95.1 cm³/mol. The molecule has 3 rings (SSSR count). The minimum atomic E-state index is -3.55. The third kappa shape index (κ3) is 3.51. The van der Waals surface area contributed by atoms with Crippen molar-refractivity contribution in [1.82, 2.24) is 14.5 Å². The van der Waals surface area contributed by atoms with Crippen LogP contribution >= 0.6 is 15.9 Å². The van der Waals surface area contributed by atoms with Gasteiger partial charge in [0.2, 0.25) is 15.9 Å². The second-order valence-electron chi connectivity index (χ2n) is 6.39. The molecular weight excluding hydrogens is 394 g/mol. The molecule has 24 heavy (non-hydrogen) atoms. The highest BCUT2D eigenvalue weighted by molar-refractivity contribution is 9.10. The number of carbonyl (C=O) groups excluding carboxylic acids is 1. The third-order valence-corrected chi connectivity index (χ3v) is 7.07. The number of sulfonamides is 1. The van der Waals surface area contributed by atoms with Crippen molar-refractivity contribution in [3.63, 3.8) is 0 Å². The zero-order valence-corrected chi connectivity index (χ0v) is 16.0. The van der Waals surface area contributed by atoms with Gasteiger partial charge in [0, 0.05) is 43.2 Å². The standard InChI is InChI=1S/C16H22BrN3O3S/c1-12-10-18-6-8-20(12)16(21)13-5-7-19(11-13)24(22,23)15-4-2-3-14(17)9-15/h2-4,9,12-13,18H,5-8,10-11H2,1H3. The molecule has 6 nitrogen and oxygen atoms in total. The minimum Gasteiger partial charge on any atom is -0.337 e. The fourth-order valence-electron chi connectivity index (χ4n) is 3.33. The number of hydrogen-bond donors (Lipinski definition) is 1. The normalized spacial score (nSPS) is 25.8. The molecule has 0 bridgehead atoms. The quantitative estimate of drug-likeness (QED) is 0.806. The SMILES string of the molecule is CC1CNCCN1C(=O)C1CCN(S(=O)(=O)c2cccc(Br)c2)C1. The van der Waals surface area contributed by atoms with E-state index in [4.69, 9.17) is 0 Å². The molecule has 0 radical (unpaired) electrons. The highest BCUT2D eigenvalue weighted by atomic mass is 79.9. The summed E-state index contributed by atoms with van der Waals surface area (Å²) in [6, 6.07) is 6.84. The fourth-order valence-corrected chi connectivity index (χ4v) is 5.42. The van der Waals surface area contributed by atoms with Crippen LogP contribution in [0.25, 0.3) is 0 Å². The molecule has 0 saturated carbocycles. The summed E-state index contributed by atoms with van der Waals surface area (Å²) in [5.41, 5.74) is 0. The Labute approximate surface area is 151 Å². The number of hydrogen-bond acceptors (Lipinski definition) is 4. The van der Waals surface area contributed by atoms with Crippen molar-refractivity contribution in [1.29, 1.82) is 0 Å². The van der Waals surface area contributed by atoms with Gasteiger partial charge in [0.1, 0.15) is 0 Å². The molecule has 0 aliphatic carbocycles. The molecule has 2 saturated heterocycles. The summed E-state index contributed by atoms with van der Waals surface area (Å²) < 4.78 is 27.7. The maximum atomic E-state index is 12.8. The maximum absolute atomic E-state index is 12.8. The monoisotopic (exact) mass is 415 g/mol. The van der Waals surface area contributed by atoms with Crippen molar-refractivity contribution in [2.75, 3.05) is 32.7 Å². The molecule has 0 spiro atoms. The third-order valence-electron chi connectivity index (χ3n) is 4.72. The summed E-state index contributed by atoms with van der Waals surface area (Å²) in [5.74, 6) is -0.163. The molecule has 2 fully saturated rings. The molecule has 2 aliphatic rings. The van der Waals surface area contributed by atoms with E-state index in [1.165, 1.54) is 4.31 Å². The highest BCUT2D eigenvalue weighted by Gasteiger charge is 2.38. The zero-order valence-electron chi connectivity index (χ0n) is 13.6. The van der Waals surface area contributed by atoms with E-state index >= 15 is 0 Å². The smallest absolute Gasteiger partial charge is 0.243 e. The van der Waals surface area contributed by atoms with Gasteiger partial charge in [-0.1, -0.05) is 22.0 Å². The lowest BCUT2D eigenvalue weighted by Crippen LogP contribution is -2.54. The molecule has 2 heterocycles. The summed E-state index contributed by atoms with van der Waals surface area (Å²) in [7, 11) is -3.55. The Morgan fingerprint density at radius 1 is 1.33 bits per heavy atom. The topological polar surface area (TPSA) is 69.7 Å². The first kappa shape index (κ1) is 17.8. The van der Waals surface area contributed by atoms with Gasteiger partial charge in [-0.05, 0) is 31.5 Å². The highest BCUT2D eigenvalue weighted by Crippen LogP contribution is 2.27. The van der Waals surface area contributed by atoms with Crippen molar-refractivity contribution < 1.29 is 13.2 Å². The van der Waals surface area contributed by atoms with Crippen LogP contribution in [0.4, 0.5) is 0 Å². The van der Waals surface area contributed by atoms with Crippen LogP contribution < -0.4 is 5.32 Å². The number of benzene rings is 1. The Kier molecular flexibility index (Phi) is 5.29. The number of carbonyl (C=O) groups is 1. The van der Waals surface area contributed by atoms with Crippen LogP contribution in [-0.2, 0) is 14.8 Å². The largest absolute Gasteiger partial charge is 0.337 e. The van der Waals surface area contributed by atoms with Gasteiger partial charge in [-0.25, -0.2) is 8.42 Å². The van der Waals surface area contributed by atoms with Crippen molar-refractivity contribution in [2.24, 2.45) is 5.92 Å². The number of nitrogens with one attached hydrogen (secondary N) is 1. The second kappa shape index (κ2) is 7.11. The van der Waals surface area contributed by atoms with Gasteiger partial charge in [-0.2, -0.15) is 4.31 Å².